The van der Waals surface area contributed by atoms with Crippen molar-refractivity contribution in [3.8, 4) is 0 Å². The van der Waals surface area contributed by atoms with Gasteiger partial charge in [0.1, 0.15) is 12.7 Å². The molecule has 0 spiro atoms. The van der Waals surface area contributed by atoms with Crippen LogP contribution < -0.4 is 11.2 Å². The van der Waals surface area contributed by atoms with Gasteiger partial charge in [0, 0.05) is 11.8 Å². The topological polar surface area (TPSA) is 169 Å². The molecule has 0 unspecified atom stereocenters. The van der Waals surface area contributed by atoms with Gasteiger partial charge in [0.2, 0.25) is 0 Å². The molecule has 1 N–H and O–H groups in total. The van der Waals surface area contributed by atoms with E-state index in [1.165, 1.54) is 37.3 Å². The molecule has 0 amide bonds. The lowest BCUT2D eigenvalue weighted by atomic mass is 10.1. The Balaban J connectivity index is 1.48. The van der Waals surface area contributed by atoms with Gasteiger partial charge in [-0.2, -0.15) is 0 Å². The molecule has 0 saturated carbocycles. The summed E-state index contributed by atoms with van der Waals surface area (Å²) in [6.07, 6.45) is 2.27. The monoisotopic (exact) mass is 752 g/mol. The van der Waals surface area contributed by atoms with Crippen LogP contribution in [0.4, 0.5) is 0 Å². The zero-order valence-corrected chi connectivity index (χ0v) is 30.7. The first-order chi connectivity index (χ1) is 26.7. The molecular formula is C42H44N2O11. The van der Waals surface area contributed by atoms with Gasteiger partial charge in [0.25, 0.3) is 5.56 Å². The number of rotatable bonds is 17. The molecule has 2 heterocycles. The molecule has 288 valence electrons. The summed E-state index contributed by atoms with van der Waals surface area (Å²) >= 11 is 0. The van der Waals surface area contributed by atoms with Crippen molar-refractivity contribution < 1.29 is 42.9 Å². The lowest BCUT2D eigenvalue weighted by Gasteiger charge is -2.25. The van der Waals surface area contributed by atoms with Gasteiger partial charge in [-0.25, -0.2) is 28.5 Å². The van der Waals surface area contributed by atoms with Crippen LogP contribution in [0, 0.1) is 6.92 Å². The van der Waals surface area contributed by atoms with E-state index in [9.17, 15) is 28.8 Å². The molecule has 4 aromatic rings. The Labute approximate surface area is 317 Å². The van der Waals surface area contributed by atoms with Gasteiger partial charge < -0.3 is 28.7 Å². The zero-order valence-electron chi connectivity index (χ0n) is 30.7. The van der Waals surface area contributed by atoms with Crippen LogP contribution in [-0.2, 0) is 28.5 Å². The first-order valence-corrected chi connectivity index (χ1v) is 18.3. The summed E-state index contributed by atoms with van der Waals surface area (Å²) in [5.74, 6) is -3.10. The third-order valence-corrected chi connectivity index (χ3v) is 8.93. The minimum Gasteiger partial charge on any atom is -0.463 e. The number of nitrogens with zero attached hydrogens (tertiary/aromatic N) is 1. The molecule has 1 aliphatic heterocycles. The van der Waals surface area contributed by atoms with E-state index in [-0.39, 0.29) is 34.6 Å². The Hall–Kier alpha value is -6.08. The average molecular weight is 753 g/mol. The van der Waals surface area contributed by atoms with Gasteiger partial charge in [-0.1, -0.05) is 93.6 Å². The number of esters is 4. The molecule has 55 heavy (non-hydrogen) atoms. The standard InChI is InChI=1S/C42H44N2O11/c1-3-4-5-6-7-17-26-51-34(45)25-24-32-28(2)43-42(50)44(37(32)46)38-36(55-41(49)31-22-15-10-16-23-31)35(54-40(48)30-20-13-9-14-21-30)33(53-38)27-52-39(47)29-18-11-8-12-19-29/h8-16,18-25,33,35-36,38H,3-7,17,26-27H2,1-2H3,(H,43,50)/b25-24+/t33-,35+,36-,38-/m1/s1. The number of ether oxygens (including phenoxy) is 5. The summed E-state index contributed by atoms with van der Waals surface area (Å²) < 4.78 is 29.6. The Morgan fingerprint density at radius 3 is 1.82 bits per heavy atom. The minimum absolute atomic E-state index is 0.0790. The van der Waals surface area contributed by atoms with Gasteiger partial charge >= 0.3 is 29.6 Å². The molecule has 0 aliphatic carbocycles. The maximum Gasteiger partial charge on any atom is 0.338 e. The highest BCUT2D eigenvalue weighted by molar-refractivity contribution is 5.91. The maximum absolute atomic E-state index is 14.1. The van der Waals surface area contributed by atoms with Crippen molar-refractivity contribution in [2.45, 2.75) is 76.9 Å². The van der Waals surface area contributed by atoms with Crippen LogP contribution in [-0.4, -0.2) is 65.0 Å². The highest BCUT2D eigenvalue weighted by Crippen LogP contribution is 2.34. The third kappa shape index (κ3) is 10.8. The molecule has 1 fully saturated rings. The summed E-state index contributed by atoms with van der Waals surface area (Å²) in [5.41, 5.74) is -1.27. The van der Waals surface area contributed by atoms with E-state index < -0.39 is 66.3 Å². The first-order valence-electron chi connectivity index (χ1n) is 18.3. The molecular weight excluding hydrogens is 708 g/mol. The number of carbonyl (C=O) groups excluding carboxylic acids is 4. The van der Waals surface area contributed by atoms with Crippen LogP contribution in [0.1, 0.15) is 94.0 Å². The summed E-state index contributed by atoms with van der Waals surface area (Å²) in [4.78, 5) is 82.9. The summed E-state index contributed by atoms with van der Waals surface area (Å²) in [7, 11) is 0. The van der Waals surface area contributed by atoms with Crippen LogP contribution in [0.15, 0.2) is 107 Å². The van der Waals surface area contributed by atoms with E-state index in [0.29, 0.717) is 11.0 Å². The number of benzene rings is 3. The van der Waals surface area contributed by atoms with Gasteiger partial charge in [-0.15, -0.1) is 0 Å². The Morgan fingerprint density at radius 1 is 0.709 bits per heavy atom. The number of unbranched alkanes of at least 4 members (excludes halogenated alkanes) is 5. The van der Waals surface area contributed by atoms with Crippen molar-refractivity contribution in [2.75, 3.05) is 13.2 Å². The van der Waals surface area contributed by atoms with E-state index in [2.05, 4.69) is 11.9 Å². The average Bonchev–Trinajstić information content (AvgIpc) is 3.52. The summed E-state index contributed by atoms with van der Waals surface area (Å²) in [6.45, 7) is 3.31. The fourth-order valence-corrected chi connectivity index (χ4v) is 6.02. The molecule has 4 atom stereocenters. The predicted octanol–water partition coefficient (Wildman–Crippen LogP) is 5.97. The number of nitrogens with one attached hydrogen (secondary N) is 1. The Morgan fingerprint density at radius 2 is 1.24 bits per heavy atom. The van der Waals surface area contributed by atoms with Crippen LogP contribution in [0.2, 0.25) is 0 Å². The number of H-pyrrole nitrogens is 1. The van der Waals surface area contributed by atoms with E-state index in [4.69, 9.17) is 23.7 Å². The van der Waals surface area contributed by atoms with Gasteiger partial charge in [-0.3, -0.25) is 4.79 Å². The first kappa shape index (κ1) is 40.1. The quantitative estimate of drug-likeness (QED) is 0.0584. The highest BCUT2D eigenvalue weighted by atomic mass is 16.7. The van der Waals surface area contributed by atoms with Crippen molar-refractivity contribution >= 4 is 30.0 Å². The van der Waals surface area contributed by atoms with Crippen molar-refractivity contribution in [1.29, 1.82) is 0 Å². The van der Waals surface area contributed by atoms with E-state index in [1.54, 1.807) is 66.7 Å². The summed E-state index contributed by atoms with van der Waals surface area (Å²) in [6, 6.07) is 24.0. The van der Waals surface area contributed by atoms with E-state index in [1.807, 2.05) is 0 Å². The number of hydrogen-bond donors (Lipinski definition) is 1. The van der Waals surface area contributed by atoms with Gasteiger partial charge in [0.05, 0.1) is 28.9 Å². The normalized spacial score (nSPS) is 17.8. The Kier molecular flexibility index (Phi) is 14.5. The van der Waals surface area contributed by atoms with Crippen molar-refractivity contribution in [2.24, 2.45) is 0 Å². The third-order valence-electron chi connectivity index (χ3n) is 8.93. The molecule has 1 aliphatic rings. The molecule has 1 aromatic heterocycles. The van der Waals surface area contributed by atoms with E-state index >= 15 is 0 Å². The van der Waals surface area contributed by atoms with Crippen molar-refractivity contribution in [3.63, 3.8) is 0 Å². The second-order valence-corrected chi connectivity index (χ2v) is 12.9. The molecule has 0 bridgehead atoms. The molecule has 13 heteroatoms. The summed E-state index contributed by atoms with van der Waals surface area (Å²) in [5, 5.41) is 0. The highest BCUT2D eigenvalue weighted by Gasteiger charge is 2.52. The van der Waals surface area contributed by atoms with Crippen LogP contribution in [0.5, 0.6) is 0 Å². The zero-order chi connectivity index (χ0) is 39.2. The fraction of sp³-hybridized carbons (Fsp3) is 0.333. The number of carbonyl (C=O) groups is 4. The molecule has 5 rings (SSSR count). The second kappa shape index (κ2) is 19.8. The van der Waals surface area contributed by atoms with E-state index in [0.717, 1.165) is 38.2 Å². The number of hydrogen-bond acceptors (Lipinski definition) is 11. The molecule has 0 radical (unpaired) electrons. The lowest BCUT2D eigenvalue weighted by molar-refractivity contribution is -0.137. The van der Waals surface area contributed by atoms with Crippen molar-refractivity contribution in [3.05, 3.63) is 146 Å². The molecule has 3 aromatic carbocycles. The van der Waals surface area contributed by atoms with Crippen molar-refractivity contribution in [1.82, 2.24) is 9.55 Å². The minimum atomic E-state index is -1.69. The number of aromatic amines is 1. The number of aromatic nitrogens is 2. The van der Waals surface area contributed by atoms with Gasteiger partial charge in [-0.05, 0) is 55.8 Å². The SMILES string of the molecule is CCCCCCCCOC(=O)/C=C/c1c(C)[nH]c(=O)n([C@@H]2O[C@H](COC(=O)c3ccccc3)[C@H](OC(=O)c3ccccc3)[C@H]2OC(=O)c2ccccc2)c1=O. The van der Waals surface area contributed by atoms with Crippen LogP contribution >= 0.6 is 0 Å². The lowest BCUT2D eigenvalue weighted by Crippen LogP contribution is -2.46. The van der Waals surface area contributed by atoms with Crippen LogP contribution in [0.3, 0.4) is 0 Å². The smallest absolute Gasteiger partial charge is 0.338 e. The number of aryl methyl sites for hydroxylation is 1. The predicted molar refractivity (Wildman–Crippen MR) is 201 cm³/mol. The molecule has 1 saturated heterocycles. The van der Waals surface area contributed by atoms with Crippen LogP contribution in [0.25, 0.3) is 6.08 Å². The Bertz CT molecular complexity index is 2060. The van der Waals surface area contributed by atoms with Gasteiger partial charge in [0.15, 0.2) is 18.4 Å². The molecule has 13 nitrogen and oxygen atoms in total. The fourth-order valence-electron chi connectivity index (χ4n) is 6.02. The maximum atomic E-state index is 14.1. The largest absolute Gasteiger partial charge is 0.463 e. The second-order valence-electron chi connectivity index (χ2n) is 12.9.